The summed E-state index contributed by atoms with van der Waals surface area (Å²) in [6, 6.07) is 5.77. The van der Waals surface area contributed by atoms with E-state index in [1.807, 2.05) is 0 Å². The fourth-order valence-electron chi connectivity index (χ4n) is 5.29. The van der Waals surface area contributed by atoms with E-state index < -0.39 is 0 Å². The number of hydrogen-bond donors (Lipinski definition) is 0. The van der Waals surface area contributed by atoms with E-state index in [1.165, 1.54) is 37.1 Å². The van der Waals surface area contributed by atoms with Crippen molar-refractivity contribution < 1.29 is 28.2 Å². The highest BCUT2D eigenvalue weighted by Crippen LogP contribution is 2.46. The number of ether oxygens (including phenoxy) is 3. The van der Waals surface area contributed by atoms with E-state index in [1.54, 1.807) is 4.90 Å². The highest BCUT2D eigenvalue weighted by molar-refractivity contribution is 5.91. The molecule has 0 aromatic heterocycles. The molecule has 174 valence electrons. The van der Waals surface area contributed by atoms with Crippen LogP contribution in [0.15, 0.2) is 24.3 Å². The van der Waals surface area contributed by atoms with E-state index in [2.05, 4.69) is 4.90 Å². The van der Waals surface area contributed by atoms with Crippen molar-refractivity contribution in [1.82, 2.24) is 9.80 Å². The molecule has 1 saturated carbocycles. The Morgan fingerprint density at radius 2 is 1.78 bits per heavy atom. The molecule has 2 amide bonds. The van der Waals surface area contributed by atoms with Gasteiger partial charge in [-0.15, -0.1) is 0 Å². The lowest BCUT2D eigenvalue weighted by atomic mass is 9.72. The number of likely N-dealkylation sites (tertiary alicyclic amines) is 2. The minimum Gasteiger partial charge on any atom is -0.484 e. The predicted octanol–water partition coefficient (Wildman–Crippen LogP) is 2.38. The average Bonchev–Trinajstić information content (AvgIpc) is 3.64. The molecule has 4 fully saturated rings. The van der Waals surface area contributed by atoms with Crippen LogP contribution in [0.3, 0.4) is 0 Å². The van der Waals surface area contributed by atoms with E-state index in [0.717, 1.165) is 25.7 Å². The summed E-state index contributed by atoms with van der Waals surface area (Å²) >= 11 is 0. The molecule has 0 N–H and O–H groups in total. The molecule has 1 aromatic rings. The third-order valence-corrected chi connectivity index (χ3v) is 7.34. The molecule has 3 aliphatic heterocycles. The van der Waals surface area contributed by atoms with E-state index >= 15 is 0 Å². The third kappa shape index (κ3) is 4.22. The smallest absolute Gasteiger partial charge is 0.260 e. The molecule has 1 aliphatic carbocycles. The maximum atomic E-state index is 13.1. The molecule has 1 atom stereocenters. The van der Waals surface area contributed by atoms with Gasteiger partial charge in [0.25, 0.3) is 11.8 Å². The Balaban J connectivity index is 1.15. The van der Waals surface area contributed by atoms with Crippen molar-refractivity contribution in [2.75, 3.05) is 39.5 Å². The molecule has 5 rings (SSSR count). The number of halogens is 1. The topological polar surface area (TPSA) is 68.3 Å². The zero-order chi connectivity index (χ0) is 22.1. The number of benzene rings is 1. The van der Waals surface area contributed by atoms with E-state index in [0.29, 0.717) is 44.6 Å². The average molecular weight is 447 g/mol. The van der Waals surface area contributed by atoms with Crippen molar-refractivity contribution in [2.45, 2.75) is 56.2 Å². The quantitative estimate of drug-likeness (QED) is 0.602. The van der Waals surface area contributed by atoms with Crippen LogP contribution in [-0.4, -0.2) is 78.8 Å². The van der Waals surface area contributed by atoms with Crippen LogP contribution in [0.25, 0.3) is 0 Å². The van der Waals surface area contributed by atoms with Gasteiger partial charge in [-0.1, -0.05) is 0 Å². The van der Waals surface area contributed by atoms with Crippen molar-refractivity contribution in [3.05, 3.63) is 30.1 Å². The summed E-state index contributed by atoms with van der Waals surface area (Å²) in [4.78, 5) is 29.5. The molecule has 7 nitrogen and oxygen atoms in total. The van der Waals surface area contributed by atoms with E-state index in [4.69, 9.17) is 14.2 Å². The fourth-order valence-corrected chi connectivity index (χ4v) is 5.29. The lowest BCUT2D eigenvalue weighted by Crippen LogP contribution is -2.79. The molecule has 1 aromatic carbocycles. The van der Waals surface area contributed by atoms with Crippen molar-refractivity contribution in [2.24, 2.45) is 5.92 Å². The molecule has 0 bridgehead atoms. The molecule has 8 heteroatoms. The first-order valence-corrected chi connectivity index (χ1v) is 11.8. The normalized spacial score (nSPS) is 25.7. The van der Waals surface area contributed by atoms with Gasteiger partial charge in [0.1, 0.15) is 11.6 Å². The summed E-state index contributed by atoms with van der Waals surface area (Å²) in [5.41, 5.74) is -0.243. The van der Waals surface area contributed by atoms with Crippen molar-refractivity contribution in [3.63, 3.8) is 0 Å². The fraction of sp³-hybridized carbons (Fsp3) is 0.667. The second kappa shape index (κ2) is 8.98. The Bertz CT molecular complexity index is 829. The molecule has 32 heavy (non-hydrogen) atoms. The summed E-state index contributed by atoms with van der Waals surface area (Å²) < 4.78 is 30.2. The first-order chi connectivity index (χ1) is 15.6. The summed E-state index contributed by atoms with van der Waals surface area (Å²) in [5, 5.41) is 0. The van der Waals surface area contributed by atoms with Gasteiger partial charge in [-0.2, -0.15) is 0 Å². The number of β-lactam (4-membered cyclic amide) rings is 1. The summed E-state index contributed by atoms with van der Waals surface area (Å²) in [7, 11) is 0. The van der Waals surface area contributed by atoms with Crippen molar-refractivity contribution in [3.8, 4) is 5.75 Å². The molecule has 0 radical (unpaired) electrons. The number of carbonyl (C=O) groups is 2. The minimum absolute atomic E-state index is 0.0721. The summed E-state index contributed by atoms with van der Waals surface area (Å²) in [5.74, 6) is 0.777. The Labute approximate surface area is 187 Å². The van der Waals surface area contributed by atoms with Crippen LogP contribution >= 0.6 is 0 Å². The minimum atomic E-state index is -0.339. The number of amides is 2. The highest BCUT2D eigenvalue weighted by Gasteiger charge is 2.63. The monoisotopic (exact) mass is 446 g/mol. The Hall–Kier alpha value is -2.19. The van der Waals surface area contributed by atoms with Crippen LogP contribution in [0, 0.1) is 11.7 Å². The molecule has 3 saturated heterocycles. The predicted molar refractivity (Wildman–Crippen MR) is 114 cm³/mol. The van der Waals surface area contributed by atoms with Crippen LogP contribution < -0.4 is 4.74 Å². The first-order valence-electron chi connectivity index (χ1n) is 11.8. The highest BCUT2D eigenvalue weighted by atomic mass is 19.1. The second-order valence-electron chi connectivity index (χ2n) is 9.44. The van der Waals surface area contributed by atoms with E-state index in [-0.39, 0.29) is 41.9 Å². The van der Waals surface area contributed by atoms with E-state index in [9.17, 15) is 14.0 Å². The number of carbonyl (C=O) groups excluding carboxylic acids is 2. The zero-order valence-electron chi connectivity index (χ0n) is 18.3. The van der Waals surface area contributed by atoms with Crippen LogP contribution in [-0.2, 0) is 19.1 Å². The van der Waals surface area contributed by atoms with Crippen LogP contribution in [0.2, 0.25) is 0 Å². The lowest BCUT2D eigenvalue weighted by molar-refractivity contribution is -0.219. The maximum absolute atomic E-state index is 13.1. The van der Waals surface area contributed by atoms with Gasteiger partial charge in [0.2, 0.25) is 0 Å². The van der Waals surface area contributed by atoms with Crippen LogP contribution in [0.4, 0.5) is 4.39 Å². The van der Waals surface area contributed by atoms with Crippen LogP contribution in [0.5, 0.6) is 5.75 Å². The molecular weight excluding hydrogens is 415 g/mol. The van der Waals surface area contributed by atoms with Crippen molar-refractivity contribution >= 4 is 11.8 Å². The van der Waals surface area contributed by atoms with Gasteiger partial charge in [-0.25, -0.2) is 4.39 Å². The Morgan fingerprint density at radius 1 is 1.09 bits per heavy atom. The largest absolute Gasteiger partial charge is 0.484 e. The van der Waals surface area contributed by atoms with Gasteiger partial charge < -0.3 is 24.0 Å². The molecule has 1 spiro atoms. The molecule has 3 heterocycles. The standard InChI is InChI=1S/C24H31FN2O5/c25-18-3-5-20(6-4-18)31-16-21(28)26-11-7-19(8-12-26)27-23(29)22(32-15-17-1-2-17)24(27)9-13-30-14-10-24/h3-6,17,19,22H,1-2,7-16H2. The van der Waals surface area contributed by atoms with Crippen molar-refractivity contribution in [1.29, 1.82) is 0 Å². The number of nitrogens with zero attached hydrogens (tertiary/aromatic N) is 2. The summed E-state index contributed by atoms with van der Waals surface area (Å²) in [6.45, 7) is 3.13. The van der Waals surface area contributed by atoms with Gasteiger partial charge in [-0.3, -0.25) is 9.59 Å². The zero-order valence-corrected chi connectivity index (χ0v) is 18.3. The van der Waals surface area contributed by atoms with Crippen LogP contribution in [0.1, 0.15) is 38.5 Å². The lowest BCUT2D eigenvalue weighted by Gasteiger charge is -2.62. The second-order valence-corrected chi connectivity index (χ2v) is 9.44. The first kappa shape index (κ1) is 21.6. The summed E-state index contributed by atoms with van der Waals surface area (Å²) in [6.07, 6.45) is 5.22. The van der Waals surface area contributed by atoms with Gasteiger partial charge >= 0.3 is 0 Å². The van der Waals surface area contributed by atoms with Gasteiger partial charge in [0, 0.05) is 32.3 Å². The molecular formula is C24H31FN2O5. The molecule has 4 aliphatic rings. The van der Waals surface area contributed by atoms with Gasteiger partial charge in [-0.05, 0) is 68.7 Å². The third-order valence-electron chi connectivity index (χ3n) is 7.34. The number of hydrogen-bond acceptors (Lipinski definition) is 5. The number of piperidine rings is 1. The van der Waals surface area contributed by atoms with Gasteiger partial charge in [0.15, 0.2) is 12.7 Å². The van der Waals surface area contributed by atoms with Gasteiger partial charge in [0.05, 0.1) is 12.1 Å². The maximum Gasteiger partial charge on any atom is 0.260 e. The molecule has 1 unspecified atom stereocenters. The number of rotatable bonds is 7. The SMILES string of the molecule is O=C(COc1ccc(F)cc1)N1CCC(N2C(=O)C(OCC3CC3)C23CCOCC3)CC1. The Kier molecular flexibility index (Phi) is 6.07. The Morgan fingerprint density at radius 3 is 2.44 bits per heavy atom.